The predicted molar refractivity (Wildman–Crippen MR) is 83.6 cm³/mol. The summed E-state index contributed by atoms with van der Waals surface area (Å²) < 4.78 is 11.1. The fourth-order valence-corrected chi connectivity index (χ4v) is 5.08. The van der Waals surface area contributed by atoms with Gasteiger partial charge in [-0.15, -0.1) is 0 Å². The molecule has 0 amide bonds. The fraction of sp³-hybridized carbons (Fsp3) is 0.579. The lowest BCUT2D eigenvalue weighted by Gasteiger charge is -2.49. The molecule has 4 heteroatoms. The number of carbonyl (C=O) groups is 2. The molecule has 1 aromatic rings. The van der Waals surface area contributed by atoms with Crippen LogP contribution < -0.4 is 0 Å². The van der Waals surface area contributed by atoms with Crippen LogP contribution in [0.15, 0.2) is 34.7 Å². The van der Waals surface area contributed by atoms with Gasteiger partial charge in [0.25, 0.3) is 0 Å². The molecule has 4 nitrogen and oxygen atoms in total. The van der Waals surface area contributed by atoms with Crippen LogP contribution >= 0.6 is 0 Å². The largest absolute Gasteiger partial charge is 0.472 e. The standard InChI is InChI=1S/C19H22O4/c1-11-7-14(20)8-16-15(11)4-3-12(2)19(16)10-23-17(18(19)21)13-5-6-22-9-13/h5-7,9,12,15-17H,3-4,8,10H2,1-2H3/t12-,15-,16-,17+,19-/m0/s1. The van der Waals surface area contributed by atoms with E-state index >= 15 is 0 Å². The number of Topliss-reactive ketones (excluding diaryl/α,β-unsaturated/α-hetero) is 1. The monoisotopic (exact) mass is 314 g/mol. The third-order valence-corrected chi connectivity index (χ3v) is 6.36. The van der Waals surface area contributed by atoms with Crippen LogP contribution in [0.5, 0.6) is 0 Å². The fourth-order valence-electron chi connectivity index (χ4n) is 5.08. The van der Waals surface area contributed by atoms with Crippen molar-refractivity contribution in [3.05, 3.63) is 35.8 Å². The minimum absolute atomic E-state index is 0.0770. The zero-order valence-corrected chi connectivity index (χ0v) is 13.6. The second-order valence-corrected chi connectivity index (χ2v) is 7.40. The lowest BCUT2D eigenvalue weighted by molar-refractivity contribution is -0.138. The molecule has 1 saturated heterocycles. The number of hydrogen-bond donors (Lipinski definition) is 0. The third kappa shape index (κ3) is 2.01. The highest BCUT2D eigenvalue weighted by molar-refractivity contribution is 5.96. The molecule has 1 saturated carbocycles. The number of rotatable bonds is 1. The second-order valence-electron chi connectivity index (χ2n) is 7.40. The van der Waals surface area contributed by atoms with Crippen LogP contribution in [0, 0.1) is 23.2 Å². The molecule has 5 atom stereocenters. The quantitative estimate of drug-likeness (QED) is 0.796. The highest BCUT2D eigenvalue weighted by atomic mass is 16.5. The van der Waals surface area contributed by atoms with Crippen molar-refractivity contribution in [3.8, 4) is 0 Å². The van der Waals surface area contributed by atoms with E-state index in [2.05, 4.69) is 6.92 Å². The number of fused-ring (bicyclic) bond motifs is 2. The molecular formula is C19H22O4. The summed E-state index contributed by atoms with van der Waals surface area (Å²) in [5.41, 5.74) is 1.39. The summed E-state index contributed by atoms with van der Waals surface area (Å²) in [7, 11) is 0. The Morgan fingerprint density at radius 1 is 1.26 bits per heavy atom. The Hall–Kier alpha value is -1.68. The number of ether oxygens (including phenoxy) is 1. The van der Waals surface area contributed by atoms with Crippen LogP contribution in [-0.2, 0) is 14.3 Å². The van der Waals surface area contributed by atoms with Gasteiger partial charge < -0.3 is 9.15 Å². The van der Waals surface area contributed by atoms with Gasteiger partial charge in [0.05, 0.1) is 24.5 Å². The van der Waals surface area contributed by atoms with Crippen LogP contribution in [0.4, 0.5) is 0 Å². The second kappa shape index (κ2) is 5.17. The molecule has 0 aromatic carbocycles. The zero-order valence-electron chi connectivity index (χ0n) is 13.6. The van der Waals surface area contributed by atoms with Crippen molar-refractivity contribution >= 4 is 11.6 Å². The van der Waals surface area contributed by atoms with Crippen molar-refractivity contribution in [1.29, 1.82) is 0 Å². The van der Waals surface area contributed by atoms with E-state index < -0.39 is 11.5 Å². The van der Waals surface area contributed by atoms with Gasteiger partial charge in [0.2, 0.25) is 0 Å². The maximum absolute atomic E-state index is 13.4. The Morgan fingerprint density at radius 2 is 2.09 bits per heavy atom. The summed E-state index contributed by atoms with van der Waals surface area (Å²) in [6, 6.07) is 1.80. The van der Waals surface area contributed by atoms with Crippen molar-refractivity contribution in [2.24, 2.45) is 23.2 Å². The molecule has 0 N–H and O–H groups in total. The van der Waals surface area contributed by atoms with Crippen molar-refractivity contribution in [3.63, 3.8) is 0 Å². The van der Waals surface area contributed by atoms with Crippen LogP contribution in [-0.4, -0.2) is 18.2 Å². The summed E-state index contributed by atoms with van der Waals surface area (Å²) >= 11 is 0. The first-order valence-corrected chi connectivity index (χ1v) is 8.43. The van der Waals surface area contributed by atoms with E-state index in [9.17, 15) is 9.59 Å². The molecular weight excluding hydrogens is 292 g/mol. The maximum Gasteiger partial charge on any atom is 0.175 e. The summed E-state index contributed by atoms with van der Waals surface area (Å²) in [6.45, 7) is 4.60. The van der Waals surface area contributed by atoms with Crippen molar-refractivity contribution in [1.82, 2.24) is 0 Å². The molecule has 3 aliphatic rings. The van der Waals surface area contributed by atoms with Gasteiger partial charge in [-0.1, -0.05) is 12.5 Å². The van der Waals surface area contributed by atoms with Crippen LogP contribution in [0.25, 0.3) is 0 Å². The Balaban J connectivity index is 1.75. The Bertz CT molecular complexity index is 672. The molecule has 2 aliphatic carbocycles. The van der Waals surface area contributed by atoms with Crippen molar-refractivity contribution < 1.29 is 18.7 Å². The number of carbonyl (C=O) groups excluding carboxylic acids is 2. The van der Waals surface area contributed by atoms with E-state index in [1.807, 2.05) is 6.92 Å². The normalized spacial score (nSPS) is 40.3. The first kappa shape index (κ1) is 14.9. The maximum atomic E-state index is 13.4. The van der Waals surface area contributed by atoms with Gasteiger partial charge in [-0.3, -0.25) is 9.59 Å². The van der Waals surface area contributed by atoms with E-state index in [0.717, 1.165) is 24.0 Å². The molecule has 1 aliphatic heterocycles. The number of allylic oxidation sites excluding steroid dienone is 2. The van der Waals surface area contributed by atoms with Crippen molar-refractivity contribution in [2.75, 3.05) is 6.61 Å². The molecule has 0 bridgehead atoms. The van der Waals surface area contributed by atoms with E-state index in [0.29, 0.717) is 18.9 Å². The topological polar surface area (TPSA) is 56.5 Å². The zero-order chi connectivity index (χ0) is 16.2. The van der Waals surface area contributed by atoms with Gasteiger partial charge in [0, 0.05) is 12.0 Å². The SMILES string of the molecule is CC1=CC(=O)C[C@H]2[C@H]1CC[C@H](C)[C@@]21CO[C@H](c2ccoc2)C1=O. The molecule has 23 heavy (non-hydrogen) atoms. The van der Waals surface area contributed by atoms with Gasteiger partial charge in [-0.25, -0.2) is 0 Å². The molecule has 4 rings (SSSR count). The van der Waals surface area contributed by atoms with Gasteiger partial charge in [-0.2, -0.15) is 0 Å². The first-order chi connectivity index (χ1) is 11.0. The lowest BCUT2D eigenvalue weighted by Crippen LogP contribution is -2.52. The Labute approximate surface area is 135 Å². The molecule has 1 spiro atoms. The lowest BCUT2D eigenvalue weighted by atomic mass is 9.52. The van der Waals surface area contributed by atoms with E-state index in [1.165, 1.54) is 0 Å². The molecule has 0 radical (unpaired) electrons. The first-order valence-electron chi connectivity index (χ1n) is 8.43. The summed E-state index contributed by atoms with van der Waals surface area (Å²) in [5.74, 6) is 0.944. The molecule has 2 fully saturated rings. The smallest absolute Gasteiger partial charge is 0.175 e. The number of furan rings is 1. The van der Waals surface area contributed by atoms with Crippen LogP contribution in [0.3, 0.4) is 0 Å². The predicted octanol–water partition coefficient (Wildman–Crippen LogP) is 3.49. The van der Waals surface area contributed by atoms with E-state index in [-0.39, 0.29) is 23.4 Å². The summed E-state index contributed by atoms with van der Waals surface area (Å²) in [5, 5.41) is 0. The molecule has 122 valence electrons. The average molecular weight is 314 g/mol. The average Bonchev–Trinajstić information content (AvgIpc) is 3.13. The minimum Gasteiger partial charge on any atom is -0.472 e. The summed E-state index contributed by atoms with van der Waals surface area (Å²) in [6.07, 6.45) is 6.93. The minimum atomic E-state index is -0.545. The van der Waals surface area contributed by atoms with E-state index in [4.69, 9.17) is 9.15 Å². The third-order valence-electron chi connectivity index (χ3n) is 6.36. The van der Waals surface area contributed by atoms with Gasteiger partial charge >= 0.3 is 0 Å². The van der Waals surface area contributed by atoms with Gasteiger partial charge in [0.15, 0.2) is 11.6 Å². The molecule has 0 unspecified atom stereocenters. The Kier molecular flexibility index (Phi) is 3.34. The van der Waals surface area contributed by atoms with Crippen LogP contribution in [0.1, 0.15) is 44.8 Å². The van der Waals surface area contributed by atoms with Gasteiger partial charge in [-0.05, 0) is 49.7 Å². The van der Waals surface area contributed by atoms with E-state index in [1.54, 1.807) is 24.7 Å². The molecule has 1 aromatic heterocycles. The number of ketones is 2. The number of hydrogen-bond acceptors (Lipinski definition) is 4. The molecule has 2 heterocycles. The Morgan fingerprint density at radius 3 is 2.83 bits per heavy atom. The van der Waals surface area contributed by atoms with Gasteiger partial charge in [0.1, 0.15) is 6.10 Å². The van der Waals surface area contributed by atoms with Crippen LogP contribution in [0.2, 0.25) is 0 Å². The summed E-state index contributed by atoms with van der Waals surface area (Å²) in [4.78, 5) is 25.5. The highest BCUT2D eigenvalue weighted by Crippen LogP contribution is 2.58. The van der Waals surface area contributed by atoms with Crippen molar-refractivity contribution in [2.45, 2.75) is 39.2 Å². The highest BCUT2D eigenvalue weighted by Gasteiger charge is 2.61.